The van der Waals surface area contributed by atoms with Gasteiger partial charge in [0.2, 0.25) is 0 Å². The van der Waals surface area contributed by atoms with E-state index >= 15 is 0 Å². The van der Waals surface area contributed by atoms with E-state index in [2.05, 4.69) is 33.8 Å². The number of hydrogen-bond donors (Lipinski definition) is 0. The van der Waals surface area contributed by atoms with Gasteiger partial charge in [-0.2, -0.15) is 0 Å². The first-order chi connectivity index (χ1) is 14.3. The molecule has 2 heterocycles. The van der Waals surface area contributed by atoms with Gasteiger partial charge < -0.3 is 0 Å². The predicted octanol–water partition coefficient (Wildman–Crippen LogP) is 6.03. The molecule has 0 radical (unpaired) electrons. The Balaban J connectivity index is 1.28. The fourth-order valence-electron chi connectivity index (χ4n) is 9.58. The summed E-state index contributed by atoms with van der Waals surface area (Å²) in [6.45, 7) is 10.2. The Hall–Kier alpha value is -0.111. The molecule has 0 aromatic heterocycles. The van der Waals surface area contributed by atoms with Crippen LogP contribution in [-0.2, 0) is 9.53 Å². The Morgan fingerprint density at radius 3 is 2.63 bits per heavy atom. The van der Waals surface area contributed by atoms with Crippen LogP contribution in [0.25, 0.3) is 0 Å². The minimum atomic E-state index is 0.262. The number of carbonyl (C=O) groups is 1. The molecule has 1 spiro atoms. The van der Waals surface area contributed by atoms with Crippen LogP contribution in [0.1, 0.15) is 85.5 Å². The van der Waals surface area contributed by atoms with E-state index in [9.17, 15) is 4.79 Å². The third-order valence-electron chi connectivity index (χ3n) is 11.2. The molecule has 6 aliphatic rings. The maximum atomic E-state index is 12.1. The van der Waals surface area contributed by atoms with Gasteiger partial charge in [0.1, 0.15) is 0 Å². The molecule has 10 atom stereocenters. The first-order valence-corrected chi connectivity index (χ1v) is 14.9. The van der Waals surface area contributed by atoms with Gasteiger partial charge in [-0.05, 0) is 0 Å². The molecule has 4 aliphatic carbocycles. The van der Waals surface area contributed by atoms with Crippen molar-refractivity contribution >= 4 is 20.7 Å². The molecule has 6 rings (SSSR count). The van der Waals surface area contributed by atoms with Crippen molar-refractivity contribution in [3.8, 4) is 0 Å². The number of ether oxygens (including phenoxy) is 1. The Kier molecular flexibility index (Phi) is 4.58. The molecule has 0 aromatic carbocycles. The van der Waals surface area contributed by atoms with Crippen molar-refractivity contribution in [2.75, 3.05) is 0 Å². The number of allylic oxidation sites excluding steroid dienone is 1. The minimum absolute atomic E-state index is 0.262. The second-order valence-electron chi connectivity index (χ2n) is 12.5. The zero-order valence-corrected chi connectivity index (χ0v) is 21.1. The fourth-order valence-corrected chi connectivity index (χ4v) is 12.9. The average Bonchev–Trinajstić information content (AvgIpc) is 3.16. The topological polar surface area (TPSA) is 26.3 Å². The SMILES string of the molecule is C[C@@H]1CC[C@]2(O[C@H]3C[C@H]4[C@@H]5CCC6=CC(=O)CC[C@]6(C)[C@H]5CC[C@]4(C)[C@H]3[C@@H]2C)[Se]C1. The van der Waals surface area contributed by atoms with Crippen LogP contribution in [-0.4, -0.2) is 31.3 Å². The second kappa shape index (κ2) is 6.71. The van der Waals surface area contributed by atoms with Gasteiger partial charge >= 0.3 is 190 Å². The van der Waals surface area contributed by atoms with Gasteiger partial charge in [-0.3, -0.25) is 0 Å². The van der Waals surface area contributed by atoms with Crippen molar-refractivity contribution in [3.63, 3.8) is 0 Å². The number of fused-ring (bicyclic) bond motifs is 7. The van der Waals surface area contributed by atoms with E-state index in [1.807, 2.05) is 0 Å². The third-order valence-corrected chi connectivity index (χ3v) is 15.2. The second-order valence-corrected chi connectivity index (χ2v) is 15.2. The number of carbonyl (C=O) groups excluding carboxylic acids is 1. The number of hydrogen-bond acceptors (Lipinski definition) is 2. The third kappa shape index (κ3) is 2.61. The molecule has 0 bridgehead atoms. The average molecular weight is 476 g/mol. The van der Waals surface area contributed by atoms with Crippen molar-refractivity contribution in [2.45, 2.75) is 101 Å². The normalized spacial score (nSPS) is 57.4. The molecule has 3 saturated carbocycles. The van der Waals surface area contributed by atoms with E-state index in [0.717, 1.165) is 48.3 Å². The first-order valence-electron chi connectivity index (χ1n) is 12.8. The van der Waals surface area contributed by atoms with Gasteiger partial charge in [0.15, 0.2) is 0 Å². The van der Waals surface area contributed by atoms with E-state index in [1.54, 1.807) is 0 Å². The first kappa shape index (κ1) is 20.5. The van der Waals surface area contributed by atoms with Crippen LogP contribution in [0.2, 0.25) is 5.32 Å². The quantitative estimate of drug-likeness (QED) is 0.400. The summed E-state index contributed by atoms with van der Waals surface area (Å²) < 4.78 is 7.39. The van der Waals surface area contributed by atoms with Crippen molar-refractivity contribution in [1.29, 1.82) is 0 Å². The van der Waals surface area contributed by atoms with Crippen molar-refractivity contribution < 1.29 is 9.53 Å². The molecule has 3 heteroatoms. The molecule has 2 saturated heterocycles. The van der Waals surface area contributed by atoms with Crippen LogP contribution < -0.4 is 0 Å². The summed E-state index contributed by atoms with van der Waals surface area (Å²) >= 11 is 0.657. The molecule has 0 aromatic rings. The summed E-state index contributed by atoms with van der Waals surface area (Å²) in [7, 11) is 0. The molecule has 0 unspecified atom stereocenters. The van der Waals surface area contributed by atoms with Gasteiger partial charge in [0.25, 0.3) is 0 Å². The molecule has 0 amide bonds. The van der Waals surface area contributed by atoms with Crippen LogP contribution in [0.15, 0.2) is 11.6 Å². The van der Waals surface area contributed by atoms with Crippen LogP contribution in [0, 0.1) is 46.3 Å². The Morgan fingerprint density at radius 2 is 1.87 bits per heavy atom. The summed E-state index contributed by atoms with van der Waals surface area (Å²) in [6, 6.07) is 0. The summed E-state index contributed by atoms with van der Waals surface area (Å²) in [6.07, 6.45) is 13.8. The van der Waals surface area contributed by atoms with Crippen LogP contribution in [0.3, 0.4) is 0 Å². The summed E-state index contributed by atoms with van der Waals surface area (Å²) in [5, 5.41) is 1.42. The van der Waals surface area contributed by atoms with Crippen LogP contribution in [0.4, 0.5) is 0 Å². The number of rotatable bonds is 0. The van der Waals surface area contributed by atoms with Gasteiger partial charge in [-0.15, -0.1) is 0 Å². The molecule has 2 nitrogen and oxygen atoms in total. The Labute approximate surface area is 189 Å². The summed E-state index contributed by atoms with van der Waals surface area (Å²) in [4.78, 5) is 12.1. The zero-order chi connectivity index (χ0) is 20.9. The maximum absolute atomic E-state index is 12.1. The van der Waals surface area contributed by atoms with Crippen LogP contribution in [0.5, 0.6) is 0 Å². The molecule has 2 aliphatic heterocycles. The van der Waals surface area contributed by atoms with Gasteiger partial charge in [-0.25, -0.2) is 0 Å². The molecular weight excluding hydrogens is 435 g/mol. The molecule has 0 N–H and O–H groups in total. The Morgan fingerprint density at radius 1 is 1.03 bits per heavy atom. The van der Waals surface area contributed by atoms with E-state index in [0.29, 0.717) is 37.7 Å². The molecule has 30 heavy (non-hydrogen) atoms. The van der Waals surface area contributed by atoms with Gasteiger partial charge in [0, 0.05) is 0 Å². The van der Waals surface area contributed by atoms with Gasteiger partial charge in [-0.1, -0.05) is 0 Å². The van der Waals surface area contributed by atoms with Gasteiger partial charge in [0.05, 0.1) is 0 Å². The Bertz CT molecular complexity index is 780. The van der Waals surface area contributed by atoms with Crippen molar-refractivity contribution in [2.24, 2.45) is 46.3 Å². The monoisotopic (exact) mass is 476 g/mol. The summed E-state index contributed by atoms with van der Waals surface area (Å²) in [5.74, 6) is 5.34. The number of ketones is 1. The van der Waals surface area contributed by atoms with Crippen LogP contribution >= 0.6 is 0 Å². The van der Waals surface area contributed by atoms with E-state index in [4.69, 9.17) is 4.74 Å². The van der Waals surface area contributed by atoms with Crippen molar-refractivity contribution in [1.82, 2.24) is 0 Å². The van der Waals surface area contributed by atoms with E-state index in [1.165, 1.54) is 55.8 Å². The van der Waals surface area contributed by atoms with Crippen molar-refractivity contribution in [3.05, 3.63) is 11.6 Å². The summed E-state index contributed by atoms with van der Waals surface area (Å²) in [5.41, 5.74) is 2.28. The predicted molar refractivity (Wildman–Crippen MR) is 121 cm³/mol. The fraction of sp³-hybridized carbons (Fsp3) is 0.889. The molecular formula is C27H40O2Se. The zero-order valence-electron chi connectivity index (χ0n) is 19.4. The molecule has 5 fully saturated rings. The standard InChI is InChI=1S/C27H40O2Se/c1-16-7-12-27(30-15-16)17(2)24-23(29-27)14-22-20-6-5-18-13-19(28)8-10-25(18,3)21(20)9-11-26(22,24)4/h13,16-17,20-24H,5-12,14-15H2,1-4H3/t16-,17+,20-,21+,22+,23+,24+,25+,26+,27+/m1/s1. The van der Waals surface area contributed by atoms with E-state index in [-0.39, 0.29) is 4.50 Å². The molecule has 166 valence electrons. The van der Waals surface area contributed by atoms with E-state index < -0.39 is 0 Å².